The van der Waals surface area contributed by atoms with E-state index in [1.54, 1.807) is 52.3 Å². The van der Waals surface area contributed by atoms with Crippen molar-refractivity contribution < 1.29 is 28.9 Å². The number of aliphatic hydroxyl groups is 1. The summed E-state index contributed by atoms with van der Waals surface area (Å²) in [6.45, 7) is 3.58. The van der Waals surface area contributed by atoms with Crippen LogP contribution in [0.3, 0.4) is 0 Å². The number of hydrogen-bond acceptors (Lipinski definition) is 7. The number of methoxy groups -OCH3 is 2. The van der Waals surface area contributed by atoms with Gasteiger partial charge in [-0.15, -0.1) is 0 Å². The van der Waals surface area contributed by atoms with Gasteiger partial charge in [-0.3, -0.25) is 4.79 Å². The number of thioether (sulfide) groups is 1. The summed E-state index contributed by atoms with van der Waals surface area (Å²) in [6.07, 6.45) is 1.71. The summed E-state index contributed by atoms with van der Waals surface area (Å²) in [4.78, 5) is 30.2. The number of rotatable bonds is 6. The Hall–Kier alpha value is -4.04. The number of carbonyl (C=O) groups excluding carboxylic acids is 2. The molecule has 0 bridgehead atoms. The van der Waals surface area contributed by atoms with Crippen LogP contribution in [-0.4, -0.2) is 42.9 Å². The summed E-state index contributed by atoms with van der Waals surface area (Å²) < 4.78 is 16.1. The van der Waals surface area contributed by atoms with Gasteiger partial charge in [0, 0.05) is 11.1 Å². The van der Waals surface area contributed by atoms with Gasteiger partial charge in [-0.2, -0.15) is 0 Å². The topological polar surface area (TPSA) is 94.4 Å². The van der Waals surface area contributed by atoms with Gasteiger partial charge in [-0.25, -0.2) is 9.79 Å². The summed E-state index contributed by atoms with van der Waals surface area (Å²) in [6, 6.07) is 16.4. The Morgan fingerprint density at radius 2 is 1.81 bits per heavy atom. The average Bonchev–Trinajstić information content (AvgIpc) is 3.18. The number of carbonyl (C=O) groups is 2. The van der Waals surface area contributed by atoms with E-state index < -0.39 is 11.9 Å². The number of amides is 1. The number of ether oxygens (including phenoxy) is 3. The third-order valence-corrected chi connectivity index (χ3v) is 6.69. The van der Waals surface area contributed by atoms with E-state index in [9.17, 15) is 14.7 Å². The second-order valence-corrected chi connectivity index (χ2v) is 8.89. The van der Waals surface area contributed by atoms with Crippen molar-refractivity contribution in [3.63, 3.8) is 0 Å². The highest BCUT2D eigenvalue weighted by Gasteiger charge is 2.34. The lowest BCUT2D eigenvalue weighted by Gasteiger charge is -2.11. The van der Waals surface area contributed by atoms with Crippen molar-refractivity contribution in [3.8, 4) is 11.5 Å². The molecule has 36 heavy (non-hydrogen) atoms. The lowest BCUT2D eigenvalue weighted by molar-refractivity contribution is -0.138. The molecule has 0 fully saturated rings. The van der Waals surface area contributed by atoms with Crippen molar-refractivity contribution in [3.05, 3.63) is 87.5 Å². The highest BCUT2D eigenvalue weighted by atomic mass is 32.2. The molecular formula is C28H25NO6S. The first kappa shape index (κ1) is 25.1. The summed E-state index contributed by atoms with van der Waals surface area (Å²) in [5.41, 5.74) is 1.70. The number of aryl methyl sites for hydroxylation is 1. The van der Waals surface area contributed by atoms with E-state index in [-0.39, 0.29) is 23.0 Å². The third kappa shape index (κ3) is 4.85. The number of benzene rings is 3. The lowest BCUT2D eigenvalue weighted by Crippen LogP contribution is -2.14. The minimum Gasteiger partial charge on any atom is -0.506 e. The fourth-order valence-electron chi connectivity index (χ4n) is 3.84. The van der Waals surface area contributed by atoms with Crippen molar-refractivity contribution in [1.29, 1.82) is 0 Å². The van der Waals surface area contributed by atoms with E-state index in [4.69, 9.17) is 14.2 Å². The SMILES string of the molecule is CCOC(=O)C1=C(O)/C(=C/c2c(OC)ccc3ccc(OC)cc23)SC1=NC(=O)c1ccccc1C. The largest absolute Gasteiger partial charge is 0.506 e. The monoisotopic (exact) mass is 503 g/mol. The summed E-state index contributed by atoms with van der Waals surface area (Å²) in [5.74, 6) is -0.354. The molecule has 4 rings (SSSR count). The van der Waals surface area contributed by atoms with Gasteiger partial charge in [0.2, 0.25) is 0 Å². The second kappa shape index (κ2) is 10.7. The molecule has 0 radical (unpaired) electrons. The van der Waals surface area contributed by atoms with Crippen LogP contribution >= 0.6 is 11.8 Å². The van der Waals surface area contributed by atoms with Gasteiger partial charge in [-0.1, -0.05) is 42.1 Å². The maximum absolute atomic E-state index is 13.0. The molecule has 3 aromatic rings. The number of aliphatic imine (C=N–C) groups is 1. The van der Waals surface area contributed by atoms with Gasteiger partial charge >= 0.3 is 5.97 Å². The summed E-state index contributed by atoms with van der Waals surface area (Å²) in [5, 5.41) is 12.9. The van der Waals surface area contributed by atoms with Crippen LogP contribution in [0.1, 0.15) is 28.4 Å². The molecule has 3 aromatic carbocycles. The first-order valence-electron chi connectivity index (χ1n) is 11.2. The van der Waals surface area contributed by atoms with Crippen molar-refractivity contribution in [2.24, 2.45) is 4.99 Å². The molecular weight excluding hydrogens is 478 g/mol. The van der Waals surface area contributed by atoms with Crippen LogP contribution in [0.4, 0.5) is 0 Å². The quantitative estimate of drug-likeness (QED) is 0.421. The normalized spacial score (nSPS) is 15.6. The molecule has 0 saturated heterocycles. The molecule has 0 aliphatic carbocycles. The fourth-order valence-corrected chi connectivity index (χ4v) is 4.84. The van der Waals surface area contributed by atoms with Crippen LogP contribution in [0, 0.1) is 6.92 Å². The van der Waals surface area contributed by atoms with Crippen LogP contribution in [0.2, 0.25) is 0 Å². The average molecular weight is 504 g/mol. The zero-order valence-electron chi connectivity index (χ0n) is 20.3. The van der Waals surface area contributed by atoms with E-state index in [0.29, 0.717) is 27.5 Å². The van der Waals surface area contributed by atoms with Gasteiger partial charge in [0.05, 0.1) is 25.7 Å². The predicted octanol–water partition coefficient (Wildman–Crippen LogP) is 5.87. The maximum atomic E-state index is 13.0. The molecule has 7 nitrogen and oxygen atoms in total. The van der Waals surface area contributed by atoms with Crippen LogP contribution in [0.5, 0.6) is 11.5 Å². The highest BCUT2D eigenvalue weighted by molar-refractivity contribution is 8.18. The Morgan fingerprint density at radius 1 is 1.06 bits per heavy atom. The molecule has 1 N–H and O–H groups in total. The molecule has 184 valence electrons. The van der Waals surface area contributed by atoms with E-state index in [1.165, 1.54) is 0 Å². The van der Waals surface area contributed by atoms with Crippen molar-refractivity contribution in [1.82, 2.24) is 0 Å². The van der Waals surface area contributed by atoms with E-state index in [0.717, 1.165) is 28.1 Å². The van der Waals surface area contributed by atoms with E-state index >= 15 is 0 Å². The summed E-state index contributed by atoms with van der Waals surface area (Å²) in [7, 11) is 3.14. The Kier molecular flexibility index (Phi) is 7.45. The highest BCUT2D eigenvalue weighted by Crippen LogP contribution is 2.42. The standard InChI is InChI=1S/C28H25NO6S/c1-5-35-28(32)24-25(30)23(36-27(24)29-26(31)19-9-7-6-8-16(19)2)15-21-20-14-18(33-3)12-10-17(20)11-13-22(21)34-4/h6-15,30H,5H2,1-4H3/b23-15-,29-27?. The van der Waals surface area contributed by atoms with Crippen LogP contribution < -0.4 is 9.47 Å². The number of fused-ring (bicyclic) bond motifs is 1. The molecule has 1 aliphatic heterocycles. The number of esters is 1. The van der Waals surface area contributed by atoms with Crippen molar-refractivity contribution in [2.45, 2.75) is 13.8 Å². The molecule has 0 unspecified atom stereocenters. The first-order valence-corrected chi connectivity index (χ1v) is 12.0. The molecule has 1 heterocycles. The van der Waals surface area contributed by atoms with Crippen LogP contribution in [0.25, 0.3) is 16.8 Å². The maximum Gasteiger partial charge on any atom is 0.344 e. The van der Waals surface area contributed by atoms with Crippen molar-refractivity contribution in [2.75, 3.05) is 20.8 Å². The van der Waals surface area contributed by atoms with Crippen LogP contribution in [-0.2, 0) is 9.53 Å². The molecule has 1 aliphatic rings. The molecule has 0 spiro atoms. The van der Waals surface area contributed by atoms with Crippen molar-refractivity contribution >= 4 is 45.5 Å². The number of nitrogens with zero attached hydrogens (tertiary/aromatic N) is 1. The molecule has 0 saturated carbocycles. The minimum absolute atomic E-state index is 0.0715. The lowest BCUT2D eigenvalue weighted by atomic mass is 10.0. The smallest absolute Gasteiger partial charge is 0.344 e. The van der Waals surface area contributed by atoms with Gasteiger partial charge < -0.3 is 19.3 Å². The number of aliphatic hydroxyl groups excluding tert-OH is 1. The zero-order chi connectivity index (χ0) is 25.8. The third-order valence-electron chi connectivity index (χ3n) is 5.67. The minimum atomic E-state index is -0.756. The van der Waals surface area contributed by atoms with Crippen LogP contribution in [0.15, 0.2) is 75.8 Å². The summed E-state index contributed by atoms with van der Waals surface area (Å²) >= 11 is 1.02. The van der Waals surface area contributed by atoms with E-state index in [1.807, 2.05) is 36.4 Å². The Bertz CT molecular complexity index is 1450. The molecule has 0 atom stereocenters. The Labute approximate surface area is 213 Å². The molecule has 0 aromatic heterocycles. The van der Waals surface area contributed by atoms with Gasteiger partial charge in [-0.05, 0) is 60.5 Å². The predicted molar refractivity (Wildman–Crippen MR) is 142 cm³/mol. The first-order chi connectivity index (χ1) is 17.4. The van der Waals surface area contributed by atoms with E-state index in [2.05, 4.69) is 4.99 Å². The molecule has 1 amide bonds. The number of hydrogen-bond donors (Lipinski definition) is 1. The Morgan fingerprint density at radius 3 is 2.50 bits per heavy atom. The second-order valence-electron chi connectivity index (χ2n) is 7.86. The van der Waals surface area contributed by atoms with Gasteiger partial charge in [0.15, 0.2) is 0 Å². The molecule has 8 heteroatoms. The fraction of sp³-hybridized carbons (Fsp3) is 0.179. The zero-order valence-corrected chi connectivity index (χ0v) is 21.1. The Balaban J connectivity index is 1.86. The van der Waals surface area contributed by atoms with Gasteiger partial charge in [0.25, 0.3) is 5.91 Å². The van der Waals surface area contributed by atoms with Gasteiger partial charge in [0.1, 0.15) is 27.9 Å².